The highest BCUT2D eigenvalue weighted by Crippen LogP contribution is 2.41. The van der Waals surface area contributed by atoms with Crippen LogP contribution in [0.3, 0.4) is 0 Å². The van der Waals surface area contributed by atoms with Crippen LogP contribution >= 0.6 is 36.4 Å². The van der Waals surface area contributed by atoms with Gasteiger partial charge in [-0.05, 0) is 81.7 Å². The molecule has 1 amide bonds. The van der Waals surface area contributed by atoms with Crippen LogP contribution in [0.15, 0.2) is 30.3 Å². The van der Waals surface area contributed by atoms with E-state index >= 15 is 0 Å². The molecule has 4 heterocycles. The number of hydrogen-bond donors (Lipinski definition) is 3. The molecule has 0 saturated carbocycles. The lowest BCUT2D eigenvalue weighted by Crippen LogP contribution is -2.38. The number of piperidine rings is 2. The van der Waals surface area contributed by atoms with E-state index < -0.39 is 6.10 Å². The lowest BCUT2D eigenvalue weighted by molar-refractivity contribution is 0.0617. The molecule has 0 bridgehead atoms. The minimum absolute atomic E-state index is 0. The molecule has 1 unspecified atom stereocenters. The molecule has 1 aromatic heterocycles. The maximum Gasteiger partial charge on any atom is 0.252 e. The van der Waals surface area contributed by atoms with Crippen LogP contribution in [-0.2, 0) is 13.1 Å². The van der Waals surface area contributed by atoms with Crippen molar-refractivity contribution in [3.05, 3.63) is 52.0 Å². The Labute approximate surface area is 253 Å². The highest BCUT2D eigenvalue weighted by Gasteiger charge is 2.29. The number of likely N-dealkylation sites (tertiary alicyclic amines) is 2. The minimum atomic E-state index is -0.605. The molecule has 2 saturated heterocycles. The van der Waals surface area contributed by atoms with Crippen molar-refractivity contribution in [2.24, 2.45) is 0 Å². The third-order valence-corrected chi connectivity index (χ3v) is 8.57. The van der Waals surface area contributed by atoms with Crippen LogP contribution in [0.5, 0.6) is 5.75 Å². The van der Waals surface area contributed by atoms with E-state index in [2.05, 4.69) is 44.4 Å². The van der Waals surface area contributed by atoms with Crippen LogP contribution in [0.1, 0.15) is 60.0 Å². The Bertz CT molecular complexity index is 1320. The fourth-order valence-corrected chi connectivity index (χ4v) is 6.44. The third kappa shape index (κ3) is 6.72. The molecule has 3 N–H and O–H groups in total. The third-order valence-electron chi connectivity index (χ3n) is 8.16. The summed E-state index contributed by atoms with van der Waals surface area (Å²) in [5.41, 5.74) is 5.31. The standard InChI is InChI=1S/C30H37ClN4O3.2ClH/c31-29-24-16-32-30(37)28(24)23(15-27(29)38-19-22(36)18-35-11-5-2-6-12-35)26-14-21-13-20(7-8-25(21)33-26)17-34-9-3-1-4-10-34;;/h7-8,13-15,22,33,36H,1-6,9-12,16-19H2,(H,32,37);2*1H. The number of halogens is 3. The molecular formula is C30H39Cl3N4O3. The average molecular weight is 610 g/mol. The van der Waals surface area contributed by atoms with Crippen molar-refractivity contribution in [2.45, 2.75) is 57.7 Å². The number of aliphatic hydroxyl groups is 1. The number of benzene rings is 2. The molecular weight excluding hydrogens is 571 g/mol. The summed E-state index contributed by atoms with van der Waals surface area (Å²) in [5, 5.41) is 15.1. The molecule has 1 atom stereocenters. The first-order chi connectivity index (χ1) is 18.5. The van der Waals surface area contributed by atoms with Gasteiger partial charge in [-0.2, -0.15) is 0 Å². The summed E-state index contributed by atoms with van der Waals surface area (Å²) >= 11 is 6.72. The summed E-state index contributed by atoms with van der Waals surface area (Å²) in [6, 6.07) is 10.5. The predicted molar refractivity (Wildman–Crippen MR) is 165 cm³/mol. The van der Waals surface area contributed by atoms with Crippen LogP contribution in [0.2, 0.25) is 5.02 Å². The van der Waals surface area contributed by atoms with E-state index in [1.807, 2.05) is 6.07 Å². The van der Waals surface area contributed by atoms with E-state index in [0.29, 0.717) is 29.4 Å². The Morgan fingerprint density at radius 3 is 2.38 bits per heavy atom. The van der Waals surface area contributed by atoms with Crippen molar-refractivity contribution in [3.8, 4) is 17.0 Å². The summed E-state index contributed by atoms with van der Waals surface area (Å²) in [6.45, 7) is 6.46. The number of nitrogens with one attached hydrogen (secondary N) is 2. The number of aromatic nitrogens is 1. The molecule has 3 aromatic rings. The zero-order valence-electron chi connectivity index (χ0n) is 22.7. The lowest BCUT2D eigenvalue weighted by atomic mass is 9.99. The van der Waals surface area contributed by atoms with Gasteiger partial charge in [-0.25, -0.2) is 0 Å². The number of H-pyrrole nitrogens is 1. The van der Waals surface area contributed by atoms with Crippen molar-refractivity contribution in [3.63, 3.8) is 0 Å². The molecule has 3 aliphatic rings. The SMILES string of the molecule is Cl.Cl.O=C1NCc2c(Cl)c(OCC(O)CN3CCCCC3)cc(-c3cc4cc(CN5CCCCC5)ccc4[nH]3)c21. The second kappa shape index (κ2) is 13.8. The van der Waals surface area contributed by atoms with Crippen molar-refractivity contribution >= 4 is 53.2 Å². The summed E-state index contributed by atoms with van der Waals surface area (Å²) in [7, 11) is 0. The topological polar surface area (TPSA) is 80.8 Å². The van der Waals surface area contributed by atoms with E-state index in [9.17, 15) is 9.90 Å². The predicted octanol–water partition coefficient (Wildman–Crippen LogP) is 5.79. The number of hydrogen-bond acceptors (Lipinski definition) is 5. The van der Waals surface area contributed by atoms with Gasteiger partial charge in [0.2, 0.25) is 0 Å². The molecule has 2 aromatic carbocycles. The largest absolute Gasteiger partial charge is 0.489 e. The molecule has 3 aliphatic heterocycles. The first-order valence-electron chi connectivity index (χ1n) is 14.1. The van der Waals surface area contributed by atoms with Gasteiger partial charge in [-0.3, -0.25) is 9.69 Å². The minimum Gasteiger partial charge on any atom is -0.489 e. The van der Waals surface area contributed by atoms with E-state index in [4.69, 9.17) is 16.3 Å². The number of β-amino-alcohol motifs (C(OH)–C–C–N with tert-alkyl or cyclic N) is 1. The Morgan fingerprint density at radius 2 is 1.65 bits per heavy atom. The number of aromatic amines is 1. The second-order valence-corrected chi connectivity index (χ2v) is 11.4. The summed E-state index contributed by atoms with van der Waals surface area (Å²) in [4.78, 5) is 21.2. The number of amides is 1. The first kappa shape index (κ1) is 30.9. The van der Waals surface area contributed by atoms with E-state index in [0.717, 1.165) is 60.4 Å². The Balaban J connectivity index is 0.00000185. The molecule has 40 heavy (non-hydrogen) atoms. The van der Waals surface area contributed by atoms with Gasteiger partial charge in [0.25, 0.3) is 5.91 Å². The maximum absolute atomic E-state index is 12.8. The summed E-state index contributed by atoms with van der Waals surface area (Å²) in [5.74, 6) is 0.372. The normalized spacial score (nSPS) is 18.5. The molecule has 218 valence electrons. The molecule has 0 spiro atoms. The number of carbonyl (C=O) groups is 1. The Morgan fingerprint density at radius 1 is 0.950 bits per heavy atom. The van der Waals surface area contributed by atoms with Crippen molar-refractivity contribution < 1.29 is 14.6 Å². The van der Waals surface area contributed by atoms with Gasteiger partial charge in [0.15, 0.2) is 0 Å². The lowest BCUT2D eigenvalue weighted by Gasteiger charge is -2.28. The number of ether oxygens (including phenoxy) is 1. The number of fused-ring (bicyclic) bond motifs is 2. The molecule has 10 heteroatoms. The fraction of sp³-hybridized carbons (Fsp3) is 0.500. The number of rotatable bonds is 8. The highest BCUT2D eigenvalue weighted by molar-refractivity contribution is 6.34. The van der Waals surface area contributed by atoms with Gasteiger partial charge in [0.05, 0.1) is 10.6 Å². The van der Waals surface area contributed by atoms with Gasteiger partial charge in [-0.1, -0.05) is 30.5 Å². The van der Waals surface area contributed by atoms with Crippen LogP contribution in [-0.4, -0.2) is 71.2 Å². The van der Waals surface area contributed by atoms with Gasteiger partial charge < -0.3 is 25.0 Å². The van der Waals surface area contributed by atoms with E-state index in [1.54, 1.807) is 0 Å². The maximum atomic E-state index is 12.8. The van der Waals surface area contributed by atoms with Crippen LogP contribution in [0.25, 0.3) is 22.2 Å². The van der Waals surface area contributed by atoms with Crippen molar-refractivity contribution in [1.82, 2.24) is 20.1 Å². The summed E-state index contributed by atoms with van der Waals surface area (Å²) in [6.07, 6.45) is 6.90. The fourth-order valence-electron chi connectivity index (χ4n) is 6.17. The molecule has 0 aliphatic carbocycles. The van der Waals surface area contributed by atoms with Gasteiger partial charge in [-0.15, -0.1) is 24.8 Å². The molecule has 6 rings (SSSR count). The Hall–Kier alpha value is -2.00. The van der Waals surface area contributed by atoms with Gasteiger partial charge in [0.1, 0.15) is 18.5 Å². The first-order valence-corrected chi connectivity index (χ1v) is 14.4. The second-order valence-electron chi connectivity index (χ2n) is 11.0. The van der Waals surface area contributed by atoms with E-state index in [-0.39, 0.29) is 37.3 Å². The smallest absolute Gasteiger partial charge is 0.252 e. The highest BCUT2D eigenvalue weighted by atomic mass is 35.5. The number of aliphatic hydroxyl groups excluding tert-OH is 1. The summed E-state index contributed by atoms with van der Waals surface area (Å²) < 4.78 is 6.07. The monoisotopic (exact) mass is 608 g/mol. The zero-order valence-corrected chi connectivity index (χ0v) is 25.1. The number of nitrogens with zero attached hydrogens (tertiary/aromatic N) is 2. The van der Waals surface area contributed by atoms with Gasteiger partial charge in [0, 0.05) is 47.4 Å². The van der Waals surface area contributed by atoms with Crippen LogP contribution in [0, 0.1) is 0 Å². The van der Waals surface area contributed by atoms with Crippen LogP contribution in [0.4, 0.5) is 0 Å². The average Bonchev–Trinajstić information content (AvgIpc) is 3.53. The van der Waals surface area contributed by atoms with Crippen LogP contribution < -0.4 is 10.1 Å². The Kier molecular flexibility index (Phi) is 10.7. The quantitative estimate of drug-likeness (QED) is 0.301. The van der Waals surface area contributed by atoms with Crippen molar-refractivity contribution in [2.75, 3.05) is 39.3 Å². The van der Waals surface area contributed by atoms with Gasteiger partial charge >= 0.3 is 0 Å². The number of carbonyl (C=O) groups excluding carboxylic acids is 1. The molecule has 0 radical (unpaired) electrons. The van der Waals surface area contributed by atoms with Crippen molar-refractivity contribution in [1.29, 1.82) is 0 Å². The van der Waals surface area contributed by atoms with E-state index in [1.165, 1.54) is 44.1 Å². The molecule has 2 fully saturated rings. The zero-order chi connectivity index (χ0) is 26.1. The molecule has 7 nitrogen and oxygen atoms in total.